The Bertz CT molecular complexity index is 213. The lowest BCUT2D eigenvalue weighted by Gasteiger charge is -2.48. The third-order valence-electron chi connectivity index (χ3n) is 4.41. The third kappa shape index (κ3) is 2.21. The molecule has 2 fully saturated rings. The predicted molar refractivity (Wildman–Crippen MR) is 65.1 cm³/mol. The molecule has 1 aliphatic heterocycles. The van der Waals surface area contributed by atoms with Crippen molar-refractivity contribution in [2.45, 2.75) is 58.0 Å². The average molecular weight is 210 g/mol. The normalized spacial score (nSPS) is 37.0. The zero-order valence-electron chi connectivity index (χ0n) is 10.6. The summed E-state index contributed by atoms with van der Waals surface area (Å²) in [4.78, 5) is 2.78. The van der Waals surface area contributed by atoms with Gasteiger partial charge in [0.25, 0.3) is 0 Å². The van der Waals surface area contributed by atoms with Crippen molar-refractivity contribution in [2.24, 2.45) is 5.92 Å². The van der Waals surface area contributed by atoms with Crippen LogP contribution in [0, 0.1) is 5.92 Å². The lowest BCUT2D eigenvalue weighted by atomic mass is 9.91. The molecule has 0 spiro atoms. The van der Waals surface area contributed by atoms with Crippen LogP contribution in [0.3, 0.4) is 0 Å². The summed E-state index contributed by atoms with van der Waals surface area (Å²) in [6.07, 6.45) is 5.71. The van der Waals surface area contributed by atoms with Crippen molar-refractivity contribution in [3.63, 3.8) is 0 Å². The number of hydrogen-bond donors (Lipinski definition) is 1. The van der Waals surface area contributed by atoms with Gasteiger partial charge >= 0.3 is 0 Å². The van der Waals surface area contributed by atoms with E-state index in [1.54, 1.807) is 0 Å². The van der Waals surface area contributed by atoms with E-state index in [9.17, 15) is 0 Å². The molecule has 0 aromatic carbocycles. The van der Waals surface area contributed by atoms with Gasteiger partial charge in [0, 0.05) is 31.2 Å². The Balaban J connectivity index is 2.07. The first kappa shape index (κ1) is 11.4. The molecule has 2 nitrogen and oxygen atoms in total. The van der Waals surface area contributed by atoms with Crippen molar-refractivity contribution in [1.82, 2.24) is 10.2 Å². The maximum Gasteiger partial charge on any atom is 0.0281 e. The van der Waals surface area contributed by atoms with Crippen LogP contribution in [0.25, 0.3) is 0 Å². The van der Waals surface area contributed by atoms with Gasteiger partial charge < -0.3 is 5.32 Å². The highest BCUT2D eigenvalue weighted by atomic mass is 15.3. The molecule has 15 heavy (non-hydrogen) atoms. The monoisotopic (exact) mass is 210 g/mol. The van der Waals surface area contributed by atoms with E-state index < -0.39 is 0 Å². The van der Waals surface area contributed by atoms with Crippen LogP contribution in [0.15, 0.2) is 0 Å². The maximum absolute atomic E-state index is 3.52. The highest BCUT2D eigenvalue weighted by Gasteiger charge is 2.39. The topological polar surface area (TPSA) is 15.3 Å². The molecule has 1 aliphatic carbocycles. The Hall–Kier alpha value is -0.0800. The molecule has 0 amide bonds. The first-order chi connectivity index (χ1) is 7.15. The van der Waals surface area contributed by atoms with E-state index >= 15 is 0 Å². The highest BCUT2D eigenvalue weighted by Crippen LogP contribution is 2.35. The summed E-state index contributed by atoms with van der Waals surface area (Å²) < 4.78 is 0. The van der Waals surface area contributed by atoms with E-state index in [2.05, 4.69) is 31.0 Å². The smallest absolute Gasteiger partial charge is 0.0281 e. The summed E-state index contributed by atoms with van der Waals surface area (Å²) in [5.74, 6) is 0.961. The van der Waals surface area contributed by atoms with E-state index in [1.165, 1.54) is 38.8 Å². The van der Waals surface area contributed by atoms with Crippen molar-refractivity contribution < 1.29 is 0 Å². The lowest BCUT2D eigenvalue weighted by Crippen LogP contribution is -2.61. The molecular formula is C13H26N2. The molecular weight excluding hydrogens is 184 g/mol. The van der Waals surface area contributed by atoms with Gasteiger partial charge in [0.05, 0.1) is 0 Å². The van der Waals surface area contributed by atoms with Gasteiger partial charge in [-0.3, -0.25) is 4.90 Å². The Kier molecular flexibility index (Phi) is 3.36. The predicted octanol–water partition coefficient (Wildman–Crippen LogP) is 2.25. The molecule has 2 atom stereocenters. The molecule has 0 bridgehead atoms. The Morgan fingerprint density at radius 1 is 1.33 bits per heavy atom. The number of rotatable bonds is 2. The van der Waals surface area contributed by atoms with Crippen LogP contribution in [0.1, 0.15) is 46.5 Å². The van der Waals surface area contributed by atoms with E-state index in [-0.39, 0.29) is 0 Å². The number of nitrogens with one attached hydrogen (secondary N) is 1. The van der Waals surface area contributed by atoms with Gasteiger partial charge in [0.1, 0.15) is 0 Å². The summed E-state index contributed by atoms with van der Waals surface area (Å²) >= 11 is 0. The van der Waals surface area contributed by atoms with Crippen LogP contribution in [-0.2, 0) is 0 Å². The van der Waals surface area contributed by atoms with Crippen molar-refractivity contribution in [3.05, 3.63) is 0 Å². The minimum atomic E-state index is 0.362. The minimum absolute atomic E-state index is 0.362. The fourth-order valence-corrected chi connectivity index (χ4v) is 3.52. The van der Waals surface area contributed by atoms with Crippen LogP contribution in [0.2, 0.25) is 0 Å². The van der Waals surface area contributed by atoms with Crippen LogP contribution in [0.5, 0.6) is 0 Å². The van der Waals surface area contributed by atoms with E-state index in [4.69, 9.17) is 0 Å². The molecule has 0 radical (unpaired) electrons. The van der Waals surface area contributed by atoms with Gasteiger partial charge in [-0.05, 0) is 32.6 Å². The molecule has 1 N–H and O–H groups in total. The van der Waals surface area contributed by atoms with Gasteiger partial charge in [0.2, 0.25) is 0 Å². The largest absolute Gasteiger partial charge is 0.314 e. The van der Waals surface area contributed by atoms with Gasteiger partial charge in [-0.15, -0.1) is 0 Å². The number of piperazine rings is 1. The van der Waals surface area contributed by atoms with Crippen molar-refractivity contribution in [1.29, 1.82) is 0 Å². The number of nitrogens with zero attached hydrogens (tertiary/aromatic N) is 1. The summed E-state index contributed by atoms with van der Waals surface area (Å²) in [6.45, 7) is 10.7. The lowest BCUT2D eigenvalue weighted by molar-refractivity contribution is 0.0275. The Morgan fingerprint density at radius 2 is 2.13 bits per heavy atom. The molecule has 88 valence electrons. The Morgan fingerprint density at radius 3 is 2.80 bits per heavy atom. The minimum Gasteiger partial charge on any atom is -0.314 e. The molecule has 1 heterocycles. The quantitative estimate of drug-likeness (QED) is 0.752. The fraction of sp³-hybridized carbons (Fsp3) is 1.00. The van der Waals surface area contributed by atoms with Crippen molar-refractivity contribution >= 4 is 0 Å². The number of hydrogen-bond acceptors (Lipinski definition) is 2. The molecule has 0 aromatic heterocycles. The van der Waals surface area contributed by atoms with E-state index in [0.29, 0.717) is 5.54 Å². The molecule has 2 rings (SSSR count). The zero-order valence-corrected chi connectivity index (χ0v) is 10.6. The van der Waals surface area contributed by atoms with Crippen LogP contribution in [-0.4, -0.2) is 36.1 Å². The summed E-state index contributed by atoms with van der Waals surface area (Å²) in [5.41, 5.74) is 0.362. The molecule has 1 saturated carbocycles. The second-order valence-corrected chi connectivity index (χ2v) is 5.85. The molecule has 2 heteroatoms. The first-order valence-electron chi connectivity index (χ1n) is 6.62. The third-order valence-corrected chi connectivity index (χ3v) is 4.41. The van der Waals surface area contributed by atoms with Gasteiger partial charge in [-0.1, -0.05) is 19.8 Å². The second kappa shape index (κ2) is 4.42. The van der Waals surface area contributed by atoms with Gasteiger partial charge in [0.15, 0.2) is 0 Å². The molecule has 2 unspecified atom stereocenters. The SMILES string of the molecule is CCC1CCCC1N1CCNCC1(C)C. The van der Waals surface area contributed by atoms with E-state index in [1.807, 2.05) is 0 Å². The van der Waals surface area contributed by atoms with Crippen molar-refractivity contribution in [3.8, 4) is 0 Å². The van der Waals surface area contributed by atoms with Gasteiger partial charge in [-0.25, -0.2) is 0 Å². The van der Waals surface area contributed by atoms with Crippen LogP contribution >= 0.6 is 0 Å². The second-order valence-electron chi connectivity index (χ2n) is 5.85. The summed E-state index contributed by atoms with van der Waals surface area (Å²) in [7, 11) is 0. The standard InChI is InChI=1S/C13H26N2/c1-4-11-6-5-7-12(11)15-9-8-14-10-13(15,2)3/h11-12,14H,4-10H2,1-3H3. The summed E-state index contributed by atoms with van der Waals surface area (Å²) in [5, 5.41) is 3.52. The maximum atomic E-state index is 3.52. The average Bonchev–Trinajstić information content (AvgIpc) is 2.64. The first-order valence-corrected chi connectivity index (χ1v) is 6.62. The Labute approximate surface area is 94.4 Å². The molecule has 2 aliphatic rings. The van der Waals surface area contributed by atoms with Gasteiger partial charge in [-0.2, -0.15) is 0 Å². The fourth-order valence-electron chi connectivity index (χ4n) is 3.52. The van der Waals surface area contributed by atoms with Crippen LogP contribution in [0.4, 0.5) is 0 Å². The molecule has 1 saturated heterocycles. The molecule has 0 aromatic rings. The van der Waals surface area contributed by atoms with E-state index in [0.717, 1.165) is 18.5 Å². The van der Waals surface area contributed by atoms with Crippen molar-refractivity contribution in [2.75, 3.05) is 19.6 Å². The highest BCUT2D eigenvalue weighted by molar-refractivity contribution is 4.96. The summed E-state index contributed by atoms with van der Waals surface area (Å²) in [6, 6.07) is 0.868. The van der Waals surface area contributed by atoms with Crippen LogP contribution < -0.4 is 5.32 Å². The zero-order chi connectivity index (χ0) is 10.9.